The Hall–Kier alpha value is -3.83. The van der Waals surface area contributed by atoms with Crippen molar-refractivity contribution in [2.24, 2.45) is 0 Å². The van der Waals surface area contributed by atoms with E-state index < -0.39 is 35.4 Å². The number of carbonyl (C=O) groups excluding carboxylic acids is 1. The van der Waals surface area contributed by atoms with Gasteiger partial charge in [0.05, 0.1) is 16.5 Å². The molecule has 2 heterocycles. The molecule has 0 saturated heterocycles. The Morgan fingerprint density at radius 3 is 2.54 bits per heavy atom. The van der Waals surface area contributed by atoms with Crippen molar-refractivity contribution in [3.8, 4) is 23.0 Å². The van der Waals surface area contributed by atoms with E-state index in [4.69, 9.17) is 21.1 Å². The van der Waals surface area contributed by atoms with E-state index in [0.717, 1.165) is 12.1 Å². The van der Waals surface area contributed by atoms with Gasteiger partial charge >= 0.3 is 12.0 Å². The van der Waals surface area contributed by atoms with Crippen molar-refractivity contribution in [3.05, 3.63) is 59.1 Å². The normalized spacial score (nSPS) is 13.3. The zero-order valence-corrected chi connectivity index (χ0v) is 21.1. The quantitative estimate of drug-likeness (QED) is 0.276. The molecule has 3 N–H and O–H groups in total. The predicted octanol–water partition coefficient (Wildman–Crippen LogP) is 5.25. The summed E-state index contributed by atoms with van der Waals surface area (Å²) >= 11 is 6.39. The number of esters is 1. The van der Waals surface area contributed by atoms with Crippen LogP contribution in [0.4, 0.5) is 14.6 Å². The lowest BCUT2D eigenvalue weighted by Crippen LogP contribution is -2.43. The molecule has 12 heteroatoms. The highest BCUT2D eigenvalue weighted by Gasteiger charge is 2.31. The van der Waals surface area contributed by atoms with Crippen molar-refractivity contribution in [1.29, 1.82) is 0 Å². The summed E-state index contributed by atoms with van der Waals surface area (Å²) in [5.74, 6) is -2.77. The summed E-state index contributed by atoms with van der Waals surface area (Å²) in [5.41, 5.74) is 0.250. The van der Waals surface area contributed by atoms with Crippen LogP contribution in [0.1, 0.15) is 27.7 Å². The highest BCUT2D eigenvalue weighted by Crippen LogP contribution is 2.36. The third-order valence-electron chi connectivity index (χ3n) is 5.06. The summed E-state index contributed by atoms with van der Waals surface area (Å²) in [6.07, 6.45) is -1.20. The third kappa shape index (κ3) is 5.95. The van der Waals surface area contributed by atoms with E-state index in [2.05, 4.69) is 25.5 Å². The van der Waals surface area contributed by atoms with Crippen molar-refractivity contribution in [1.82, 2.24) is 20.2 Å². The first-order chi connectivity index (χ1) is 17.4. The highest BCUT2D eigenvalue weighted by molar-refractivity contribution is 6.33. The molecule has 1 unspecified atom stereocenters. The van der Waals surface area contributed by atoms with E-state index in [1.165, 1.54) is 6.92 Å². The minimum Gasteiger partial charge on any atom is -0.458 e. The second-order valence-corrected chi connectivity index (χ2v) is 9.61. The van der Waals surface area contributed by atoms with Crippen LogP contribution >= 0.6 is 11.6 Å². The SMILES string of the molecule is CC(O)[C@H](Nc1nc(Oc2ccc(F)cc2F)nc2[nH]nc(-c3ccccc3Cl)c12)C(=O)OC(C)(C)C. The first-order valence-corrected chi connectivity index (χ1v) is 11.6. The molecular weight excluding hydrogens is 508 g/mol. The molecule has 0 spiro atoms. The van der Waals surface area contributed by atoms with Gasteiger partial charge in [-0.15, -0.1) is 0 Å². The molecule has 2 aromatic carbocycles. The van der Waals surface area contributed by atoms with Crippen molar-refractivity contribution in [3.63, 3.8) is 0 Å². The number of rotatable bonds is 7. The number of ether oxygens (including phenoxy) is 2. The lowest BCUT2D eigenvalue weighted by Gasteiger charge is -2.26. The number of aromatic amines is 1. The molecule has 4 aromatic rings. The van der Waals surface area contributed by atoms with Gasteiger partial charge < -0.3 is 19.9 Å². The Morgan fingerprint density at radius 1 is 1.16 bits per heavy atom. The maximum absolute atomic E-state index is 14.2. The van der Waals surface area contributed by atoms with Crippen LogP contribution in [0.25, 0.3) is 22.3 Å². The molecule has 0 bridgehead atoms. The monoisotopic (exact) mass is 531 g/mol. The van der Waals surface area contributed by atoms with Gasteiger partial charge in [0.25, 0.3) is 0 Å². The fourth-order valence-corrected chi connectivity index (χ4v) is 3.68. The number of hydrogen-bond acceptors (Lipinski definition) is 8. The number of carbonyl (C=O) groups is 1. The number of fused-ring (bicyclic) bond motifs is 1. The van der Waals surface area contributed by atoms with Crippen LogP contribution in [-0.4, -0.2) is 49.0 Å². The minimum absolute atomic E-state index is 0.0305. The van der Waals surface area contributed by atoms with Crippen LogP contribution < -0.4 is 10.1 Å². The maximum Gasteiger partial charge on any atom is 0.331 e. The van der Waals surface area contributed by atoms with Crippen LogP contribution in [0.3, 0.4) is 0 Å². The predicted molar refractivity (Wildman–Crippen MR) is 133 cm³/mol. The van der Waals surface area contributed by atoms with Gasteiger partial charge in [-0.05, 0) is 45.9 Å². The van der Waals surface area contributed by atoms with Crippen LogP contribution in [0, 0.1) is 11.6 Å². The molecular formula is C25H24ClF2N5O4. The molecule has 37 heavy (non-hydrogen) atoms. The molecule has 0 saturated carbocycles. The summed E-state index contributed by atoms with van der Waals surface area (Å²) in [5, 5.41) is 21.1. The first-order valence-electron chi connectivity index (χ1n) is 11.2. The topological polar surface area (TPSA) is 122 Å². The Balaban J connectivity index is 1.84. The van der Waals surface area contributed by atoms with E-state index in [-0.39, 0.29) is 23.2 Å². The molecule has 0 aliphatic carbocycles. The number of aliphatic hydroxyl groups is 1. The molecule has 0 radical (unpaired) electrons. The lowest BCUT2D eigenvalue weighted by atomic mass is 10.1. The molecule has 4 rings (SSSR count). The largest absolute Gasteiger partial charge is 0.458 e. The maximum atomic E-state index is 14.2. The van der Waals surface area contributed by atoms with E-state index in [0.29, 0.717) is 27.7 Å². The fraction of sp³-hybridized carbons (Fsp3) is 0.280. The van der Waals surface area contributed by atoms with Gasteiger partial charge in [-0.1, -0.05) is 29.8 Å². The van der Waals surface area contributed by atoms with Crippen molar-refractivity contribution >= 4 is 34.4 Å². The number of H-pyrrole nitrogens is 1. The Kier molecular flexibility index (Phi) is 7.28. The second kappa shape index (κ2) is 10.3. The smallest absolute Gasteiger partial charge is 0.331 e. The van der Waals surface area contributed by atoms with Crippen LogP contribution in [-0.2, 0) is 9.53 Å². The van der Waals surface area contributed by atoms with Crippen LogP contribution in [0.15, 0.2) is 42.5 Å². The number of nitrogens with zero attached hydrogens (tertiary/aromatic N) is 3. The van der Waals surface area contributed by atoms with E-state index >= 15 is 0 Å². The average Bonchev–Trinajstić information content (AvgIpc) is 3.22. The third-order valence-corrected chi connectivity index (χ3v) is 5.39. The Bertz CT molecular complexity index is 1460. The second-order valence-electron chi connectivity index (χ2n) is 9.20. The average molecular weight is 532 g/mol. The number of nitrogens with one attached hydrogen (secondary N) is 2. The highest BCUT2D eigenvalue weighted by atomic mass is 35.5. The first kappa shape index (κ1) is 26.2. The molecule has 2 aromatic heterocycles. The summed E-state index contributed by atoms with van der Waals surface area (Å²) < 4.78 is 38.5. The molecule has 194 valence electrons. The van der Waals surface area contributed by atoms with Crippen molar-refractivity contribution in [2.45, 2.75) is 45.4 Å². The van der Waals surface area contributed by atoms with Gasteiger partial charge in [0.2, 0.25) is 0 Å². The van der Waals surface area contributed by atoms with Gasteiger partial charge in [0, 0.05) is 11.6 Å². The van der Waals surface area contributed by atoms with E-state index in [1.807, 2.05) is 0 Å². The molecule has 0 amide bonds. The standard InChI is InChI=1S/C25H24ClF2N5O4/c1-12(34)19(23(35)37-25(2,3)4)29-21-18-20(14-7-5-6-8-15(14)26)32-33-22(18)31-24(30-21)36-17-10-9-13(27)11-16(17)28/h5-12,19,34H,1-4H3,(H2,29,30,31,32,33)/t12?,19-/m0/s1. The summed E-state index contributed by atoms with van der Waals surface area (Å²) in [7, 11) is 0. The molecule has 9 nitrogen and oxygen atoms in total. The summed E-state index contributed by atoms with van der Waals surface area (Å²) in [6, 6.07) is 8.13. The number of aromatic nitrogens is 4. The van der Waals surface area contributed by atoms with Crippen LogP contribution in [0.5, 0.6) is 11.8 Å². The van der Waals surface area contributed by atoms with E-state index in [1.54, 1.807) is 45.0 Å². The van der Waals surface area contributed by atoms with Crippen LogP contribution in [0.2, 0.25) is 5.02 Å². The number of hydrogen-bond donors (Lipinski definition) is 3. The number of aliphatic hydroxyl groups excluding tert-OH is 1. The van der Waals surface area contributed by atoms with E-state index in [9.17, 15) is 18.7 Å². The Labute approximate surface area is 215 Å². The van der Waals surface area contributed by atoms with Crippen molar-refractivity contribution in [2.75, 3.05) is 5.32 Å². The zero-order chi connectivity index (χ0) is 26.9. The zero-order valence-electron chi connectivity index (χ0n) is 20.3. The molecule has 0 fully saturated rings. The molecule has 0 aliphatic rings. The number of halogens is 3. The Morgan fingerprint density at radius 2 is 1.89 bits per heavy atom. The van der Waals surface area contributed by atoms with Gasteiger partial charge in [0.1, 0.15) is 22.9 Å². The molecule has 0 aliphatic heterocycles. The van der Waals surface area contributed by atoms with Gasteiger partial charge in [-0.25, -0.2) is 13.6 Å². The lowest BCUT2D eigenvalue weighted by molar-refractivity contribution is -0.158. The number of benzene rings is 2. The van der Waals surface area contributed by atoms with Crippen molar-refractivity contribution < 1.29 is 28.2 Å². The number of anilines is 1. The van der Waals surface area contributed by atoms with Gasteiger partial charge in [-0.3, -0.25) is 5.10 Å². The van der Waals surface area contributed by atoms with Gasteiger partial charge in [0.15, 0.2) is 23.3 Å². The fourth-order valence-electron chi connectivity index (χ4n) is 3.45. The van der Waals surface area contributed by atoms with Gasteiger partial charge in [-0.2, -0.15) is 15.1 Å². The summed E-state index contributed by atoms with van der Waals surface area (Å²) in [6.45, 7) is 6.50. The summed E-state index contributed by atoms with van der Waals surface area (Å²) in [4.78, 5) is 21.5. The molecule has 2 atom stereocenters. The minimum atomic E-state index is -1.25.